The summed E-state index contributed by atoms with van der Waals surface area (Å²) in [7, 11) is 5.66. The van der Waals surface area contributed by atoms with Crippen LogP contribution in [0.3, 0.4) is 0 Å². The summed E-state index contributed by atoms with van der Waals surface area (Å²) in [6.07, 6.45) is 3.17. The van der Waals surface area contributed by atoms with E-state index in [4.69, 9.17) is 5.11 Å². The van der Waals surface area contributed by atoms with Crippen LogP contribution in [0.2, 0.25) is 0 Å². The van der Waals surface area contributed by atoms with Gasteiger partial charge in [-0.25, -0.2) is 0 Å². The molecule has 55 valence electrons. The molecule has 1 radical (unpaired) electrons. The maximum Gasteiger partial charge on any atom is 0.0431 e. The molecule has 0 saturated heterocycles. The lowest BCUT2D eigenvalue weighted by molar-refractivity contribution is 0.280. The third-order valence-electron chi connectivity index (χ3n) is 1.20. The maximum absolute atomic E-state index is 8.40. The molecule has 0 aromatic rings. The van der Waals surface area contributed by atoms with Crippen molar-refractivity contribution in [3.8, 4) is 0 Å². The van der Waals surface area contributed by atoms with Crippen LogP contribution in [0.4, 0.5) is 0 Å². The van der Waals surface area contributed by atoms with E-state index in [0.29, 0.717) is 6.61 Å². The Morgan fingerprint density at radius 2 is 2.00 bits per heavy atom. The standard InChI is InChI=1S/C7H16NO/c1-8(2)6-4-3-5-7-9/h9H,1,3-7H2,2H3. The summed E-state index contributed by atoms with van der Waals surface area (Å²) in [5.74, 6) is 0. The van der Waals surface area contributed by atoms with Crippen LogP contribution < -0.4 is 0 Å². The topological polar surface area (TPSA) is 23.5 Å². The molecule has 0 bridgehead atoms. The van der Waals surface area contributed by atoms with E-state index in [2.05, 4.69) is 7.05 Å². The van der Waals surface area contributed by atoms with Crippen molar-refractivity contribution in [2.24, 2.45) is 0 Å². The van der Waals surface area contributed by atoms with Crippen molar-refractivity contribution in [2.75, 3.05) is 20.2 Å². The number of rotatable bonds is 5. The molecule has 0 aliphatic heterocycles. The predicted octanol–water partition coefficient (Wildman–Crippen LogP) is 0.872. The molecule has 0 rings (SSSR count). The average molecular weight is 130 g/mol. The zero-order chi connectivity index (χ0) is 7.11. The summed E-state index contributed by atoms with van der Waals surface area (Å²) >= 11 is 0. The molecule has 0 aliphatic carbocycles. The van der Waals surface area contributed by atoms with Crippen molar-refractivity contribution in [1.29, 1.82) is 0 Å². The van der Waals surface area contributed by atoms with Gasteiger partial charge in [0, 0.05) is 13.7 Å². The minimum absolute atomic E-state index is 0.320. The average Bonchev–Trinajstić information content (AvgIpc) is 1.80. The van der Waals surface area contributed by atoms with Gasteiger partial charge < -0.3 is 10.0 Å². The van der Waals surface area contributed by atoms with Crippen molar-refractivity contribution < 1.29 is 5.11 Å². The molecule has 0 amide bonds. The quantitative estimate of drug-likeness (QED) is 0.558. The molecule has 0 aliphatic rings. The Bertz CT molecular complexity index is 54.9. The van der Waals surface area contributed by atoms with Gasteiger partial charge in [-0.2, -0.15) is 0 Å². The fourth-order valence-corrected chi connectivity index (χ4v) is 0.670. The van der Waals surface area contributed by atoms with Crippen molar-refractivity contribution in [1.82, 2.24) is 4.90 Å². The third-order valence-corrected chi connectivity index (χ3v) is 1.20. The second kappa shape index (κ2) is 6.05. The first kappa shape index (κ1) is 8.92. The van der Waals surface area contributed by atoms with Gasteiger partial charge in [0.1, 0.15) is 0 Å². The highest BCUT2D eigenvalue weighted by Crippen LogP contribution is 1.94. The van der Waals surface area contributed by atoms with E-state index in [9.17, 15) is 0 Å². The molecular formula is C7H16NO. The van der Waals surface area contributed by atoms with Gasteiger partial charge >= 0.3 is 0 Å². The molecule has 1 N–H and O–H groups in total. The summed E-state index contributed by atoms with van der Waals surface area (Å²) in [5.41, 5.74) is 0. The lowest BCUT2D eigenvalue weighted by Gasteiger charge is -2.06. The Morgan fingerprint density at radius 3 is 2.44 bits per heavy atom. The Hall–Kier alpha value is -0.0800. The summed E-state index contributed by atoms with van der Waals surface area (Å²) < 4.78 is 0. The van der Waals surface area contributed by atoms with Gasteiger partial charge in [0.25, 0.3) is 0 Å². The number of hydrogen-bond donors (Lipinski definition) is 1. The zero-order valence-corrected chi connectivity index (χ0v) is 6.14. The molecule has 0 atom stereocenters. The smallest absolute Gasteiger partial charge is 0.0431 e. The maximum atomic E-state index is 8.40. The van der Waals surface area contributed by atoms with Gasteiger partial charge in [0.15, 0.2) is 0 Å². The second-order valence-electron chi connectivity index (χ2n) is 2.36. The van der Waals surface area contributed by atoms with E-state index in [1.165, 1.54) is 0 Å². The molecule has 0 saturated carbocycles. The van der Waals surface area contributed by atoms with E-state index in [1.54, 1.807) is 0 Å². The lowest BCUT2D eigenvalue weighted by Crippen LogP contribution is -2.09. The zero-order valence-electron chi connectivity index (χ0n) is 6.14. The first-order chi connectivity index (χ1) is 4.27. The number of aliphatic hydroxyl groups is 1. The number of hydrogen-bond acceptors (Lipinski definition) is 2. The Kier molecular flexibility index (Phi) is 5.99. The molecule has 0 fully saturated rings. The summed E-state index contributed by atoms with van der Waals surface area (Å²) in [6.45, 7) is 1.35. The Morgan fingerprint density at radius 1 is 1.33 bits per heavy atom. The largest absolute Gasteiger partial charge is 0.396 e. The van der Waals surface area contributed by atoms with E-state index >= 15 is 0 Å². The molecule has 0 unspecified atom stereocenters. The summed E-state index contributed by atoms with van der Waals surface area (Å²) in [5, 5.41) is 8.40. The molecule has 0 aromatic heterocycles. The van der Waals surface area contributed by atoms with Gasteiger partial charge in [0.05, 0.1) is 0 Å². The Balaban J connectivity index is 2.75. The van der Waals surface area contributed by atoms with E-state index in [-0.39, 0.29) is 0 Å². The molecule has 9 heavy (non-hydrogen) atoms. The van der Waals surface area contributed by atoms with Crippen LogP contribution in [0.15, 0.2) is 0 Å². The Labute approximate surface area is 57.5 Å². The molecule has 2 nitrogen and oxygen atoms in total. The minimum atomic E-state index is 0.320. The molecule has 0 heterocycles. The second-order valence-corrected chi connectivity index (χ2v) is 2.36. The third kappa shape index (κ3) is 7.92. The fourth-order valence-electron chi connectivity index (χ4n) is 0.670. The van der Waals surface area contributed by atoms with Crippen LogP contribution >= 0.6 is 0 Å². The summed E-state index contributed by atoms with van der Waals surface area (Å²) in [6, 6.07) is 0. The van der Waals surface area contributed by atoms with Gasteiger partial charge in [-0.05, 0) is 32.9 Å². The lowest BCUT2D eigenvalue weighted by atomic mass is 10.2. The van der Waals surface area contributed by atoms with Crippen molar-refractivity contribution in [2.45, 2.75) is 19.3 Å². The van der Waals surface area contributed by atoms with Crippen LogP contribution in [-0.4, -0.2) is 30.2 Å². The number of unbranched alkanes of at least 4 members (excludes halogenated alkanes) is 2. The summed E-state index contributed by atoms with van der Waals surface area (Å²) in [4.78, 5) is 1.91. The number of aliphatic hydroxyl groups excluding tert-OH is 1. The van der Waals surface area contributed by atoms with E-state index in [0.717, 1.165) is 25.8 Å². The predicted molar refractivity (Wildman–Crippen MR) is 38.9 cm³/mol. The SMILES string of the molecule is [CH2]N(C)CCCCCO. The van der Waals surface area contributed by atoms with E-state index in [1.807, 2.05) is 11.9 Å². The molecular weight excluding hydrogens is 114 g/mol. The highest BCUT2D eigenvalue weighted by Gasteiger charge is 1.89. The first-order valence-electron chi connectivity index (χ1n) is 3.40. The fraction of sp³-hybridized carbons (Fsp3) is 0.857. The van der Waals surface area contributed by atoms with Crippen molar-refractivity contribution in [3.63, 3.8) is 0 Å². The van der Waals surface area contributed by atoms with E-state index < -0.39 is 0 Å². The van der Waals surface area contributed by atoms with Gasteiger partial charge in [-0.3, -0.25) is 0 Å². The van der Waals surface area contributed by atoms with Crippen LogP contribution in [0, 0.1) is 7.05 Å². The van der Waals surface area contributed by atoms with Crippen LogP contribution in [0.1, 0.15) is 19.3 Å². The normalized spacial score (nSPS) is 10.7. The number of nitrogens with zero attached hydrogens (tertiary/aromatic N) is 1. The van der Waals surface area contributed by atoms with Crippen LogP contribution in [0.25, 0.3) is 0 Å². The van der Waals surface area contributed by atoms with Crippen LogP contribution in [-0.2, 0) is 0 Å². The van der Waals surface area contributed by atoms with Gasteiger partial charge in [-0.15, -0.1) is 0 Å². The van der Waals surface area contributed by atoms with Crippen molar-refractivity contribution >= 4 is 0 Å². The minimum Gasteiger partial charge on any atom is -0.396 e. The van der Waals surface area contributed by atoms with Crippen LogP contribution in [0.5, 0.6) is 0 Å². The molecule has 2 heteroatoms. The first-order valence-corrected chi connectivity index (χ1v) is 3.40. The molecule has 0 spiro atoms. The highest BCUT2D eigenvalue weighted by atomic mass is 16.2. The highest BCUT2D eigenvalue weighted by molar-refractivity contribution is 4.47. The van der Waals surface area contributed by atoms with Crippen molar-refractivity contribution in [3.05, 3.63) is 7.05 Å². The van der Waals surface area contributed by atoms with Gasteiger partial charge in [-0.1, -0.05) is 0 Å². The monoisotopic (exact) mass is 130 g/mol. The molecule has 0 aromatic carbocycles. The van der Waals surface area contributed by atoms with Gasteiger partial charge in [0.2, 0.25) is 0 Å².